The Morgan fingerprint density at radius 2 is 1.90 bits per heavy atom. The largest absolute Gasteiger partial charge is 0.355 e. The molecule has 31 heavy (non-hydrogen) atoms. The van der Waals surface area contributed by atoms with Crippen LogP contribution >= 0.6 is 23.2 Å². The van der Waals surface area contributed by atoms with Gasteiger partial charge in [0.05, 0.1) is 21.9 Å². The number of aromatic nitrogens is 4. The second-order valence-corrected chi connectivity index (χ2v) is 9.13. The number of hydrogen-bond donors (Lipinski definition) is 2. The van der Waals surface area contributed by atoms with E-state index >= 15 is 0 Å². The first-order valence-electron chi connectivity index (χ1n) is 10.3. The van der Waals surface area contributed by atoms with Crippen LogP contribution in [-0.4, -0.2) is 33.3 Å². The monoisotopic (exact) mass is 450 g/mol. The molecule has 8 heteroatoms. The molecule has 156 valence electrons. The lowest BCUT2D eigenvalue weighted by Crippen LogP contribution is -2.32. The zero-order valence-corrected chi connectivity index (χ0v) is 18.1. The maximum absolute atomic E-state index is 6.84. The molecule has 0 amide bonds. The molecule has 6 nitrogen and oxygen atoms in total. The Kier molecular flexibility index (Phi) is 4.25. The Balaban J connectivity index is 1.29. The van der Waals surface area contributed by atoms with Crippen LogP contribution in [0, 0.1) is 11.8 Å². The summed E-state index contributed by atoms with van der Waals surface area (Å²) in [5, 5.41) is 8.36. The fraction of sp³-hybridized carbons (Fsp3) is 0.261. The van der Waals surface area contributed by atoms with Gasteiger partial charge in [-0.2, -0.15) is 5.10 Å². The second-order valence-electron chi connectivity index (χ2n) is 8.35. The summed E-state index contributed by atoms with van der Waals surface area (Å²) in [6, 6.07) is 15.9. The molecule has 3 heterocycles. The number of rotatable bonds is 3. The Bertz CT molecular complexity index is 1290. The molecule has 0 bridgehead atoms. The molecule has 0 radical (unpaired) electrons. The van der Waals surface area contributed by atoms with Gasteiger partial charge >= 0.3 is 0 Å². The van der Waals surface area contributed by atoms with Crippen molar-refractivity contribution in [3.05, 3.63) is 70.3 Å². The Morgan fingerprint density at radius 3 is 2.74 bits per heavy atom. The fourth-order valence-electron chi connectivity index (χ4n) is 5.09. The van der Waals surface area contributed by atoms with E-state index in [1.807, 2.05) is 24.4 Å². The lowest BCUT2D eigenvalue weighted by Gasteiger charge is -2.26. The highest BCUT2D eigenvalue weighted by atomic mass is 35.5. The highest BCUT2D eigenvalue weighted by molar-refractivity contribution is 6.43. The molecule has 6 rings (SSSR count). The third kappa shape index (κ3) is 2.86. The predicted octanol–water partition coefficient (Wildman–Crippen LogP) is 4.64. The highest BCUT2D eigenvalue weighted by Crippen LogP contribution is 2.59. The summed E-state index contributed by atoms with van der Waals surface area (Å²) < 4.78 is 0. The maximum Gasteiger partial charge on any atom is 0.202 e. The van der Waals surface area contributed by atoms with Crippen molar-refractivity contribution in [1.29, 1.82) is 0 Å². The van der Waals surface area contributed by atoms with Crippen molar-refractivity contribution in [1.82, 2.24) is 20.2 Å². The highest BCUT2D eigenvalue weighted by Gasteiger charge is 2.64. The Labute approximate surface area is 189 Å². The SMILES string of the molecule is N[C@]1(c2ccccc2)[C@@H]2CCN(c3cnc4c(-c5cccc(Cl)c5Cl)[nH]nc4n3)C[C@@H]21. The first kappa shape index (κ1) is 19.0. The molecule has 1 aliphatic carbocycles. The lowest BCUT2D eigenvalue weighted by molar-refractivity contribution is 0.546. The third-order valence-corrected chi connectivity index (χ3v) is 7.62. The van der Waals surface area contributed by atoms with Crippen molar-refractivity contribution in [2.24, 2.45) is 17.6 Å². The number of nitrogens with two attached hydrogens (primary N) is 1. The van der Waals surface area contributed by atoms with Gasteiger partial charge in [0.2, 0.25) is 5.65 Å². The Hall–Kier alpha value is -2.67. The Morgan fingerprint density at radius 1 is 1.06 bits per heavy atom. The standard InChI is InChI=1S/C23H20Cl2N6/c24-17-8-4-7-14(19(17)25)20-21-22(30-29-20)28-18(11-27-21)31-10-9-15-16(12-31)23(15,26)13-5-2-1-3-6-13/h1-8,11,15-16H,9-10,12,26H2,(H,28,29,30)/t15-,16+,23-/m1/s1. The molecule has 2 aromatic carbocycles. The molecule has 3 N–H and O–H groups in total. The van der Waals surface area contributed by atoms with Gasteiger partial charge in [0.25, 0.3) is 0 Å². The molecule has 1 saturated carbocycles. The van der Waals surface area contributed by atoms with Crippen LogP contribution in [0.4, 0.5) is 5.82 Å². The second kappa shape index (κ2) is 6.92. The van der Waals surface area contributed by atoms with E-state index in [1.54, 1.807) is 6.07 Å². The van der Waals surface area contributed by atoms with Crippen molar-refractivity contribution in [2.75, 3.05) is 18.0 Å². The van der Waals surface area contributed by atoms with Gasteiger partial charge in [0.1, 0.15) is 11.3 Å². The van der Waals surface area contributed by atoms with Gasteiger partial charge in [-0.3, -0.25) is 5.10 Å². The summed E-state index contributed by atoms with van der Waals surface area (Å²) in [5.74, 6) is 1.76. The van der Waals surface area contributed by atoms with E-state index in [0.717, 1.165) is 30.9 Å². The molecule has 0 spiro atoms. The van der Waals surface area contributed by atoms with Crippen molar-refractivity contribution >= 4 is 40.2 Å². The lowest BCUT2D eigenvalue weighted by atomic mass is 10.0. The number of nitrogens with zero attached hydrogens (tertiary/aromatic N) is 4. The number of fused-ring (bicyclic) bond motifs is 2. The quantitative estimate of drug-likeness (QED) is 0.474. The normalized spacial score (nSPS) is 24.9. The van der Waals surface area contributed by atoms with E-state index < -0.39 is 0 Å². The third-order valence-electron chi connectivity index (χ3n) is 6.80. The average Bonchev–Trinajstić information content (AvgIpc) is 3.20. The zero-order valence-electron chi connectivity index (χ0n) is 16.6. The van der Waals surface area contributed by atoms with Gasteiger partial charge in [-0.1, -0.05) is 65.7 Å². The summed E-state index contributed by atoms with van der Waals surface area (Å²) in [6.45, 7) is 1.78. The number of piperidine rings is 1. The van der Waals surface area contributed by atoms with E-state index in [-0.39, 0.29) is 5.54 Å². The molecule has 2 aliphatic rings. The number of benzene rings is 2. The van der Waals surface area contributed by atoms with Crippen molar-refractivity contribution < 1.29 is 0 Å². The van der Waals surface area contributed by atoms with Crippen LogP contribution in [0.15, 0.2) is 54.7 Å². The first-order valence-corrected chi connectivity index (χ1v) is 11.1. The zero-order chi connectivity index (χ0) is 21.2. The molecular weight excluding hydrogens is 431 g/mol. The number of H-pyrrole nitrogens is 1. The van der Waals surface area contributed by atoms with Crippen LogP contribution in [0.1, 0.15) is 12.0 Å². The van der Waals surface area contributed by atoms with Crippen LogP contribution in [0.5, 0.6) is 0 Å². The topological polar surface area (TPSA) is 83.7 Å². The summed E-state index contributed by atoms with van der Waals surface area (Å²) in [4.78, 5) is 11.7. The summed E-state index contributed by atoms with van der Waals surface area (Å²) in [6.07, 6.45) is 2.85. The van der Waals surface area contributed by atoms with Crippen LogP contribution in [0.25, 0.3) is 22.4 Å². The van der Waals surface area contributed by atoms with Crippen LogP contribution in [0.3, 0.4) is 0 Å². The van der Waals surface area contributed by atoms with Crippen molar-refractivity contribution in [2.45, 2.75) is 12.0 Å². The van der Waals surface area contributed by atoms with Crippen molar-refractivity contribution in [3.63, 3.8) is 0 Å². The van der Waals surface area contributed by atoms with E-state index in [4.69, 9.17) is 33.9 Å². The average molecular weight is 451 g/mol. The molecule has 1 aliphatic heterocycles. The van der Waals surface area contributed by atoms with Crippen LogP contribution < -0.4 is 10.6 Å². The first-order chi connectivity index (χ1) is 15.1. The molecule has 4 aromatic rings. The number of hydrogen-bond acceptors (Lipinski definition) is 5. The summed E-state index contributed by atoms with van der Waals surface area (Å²) in [7, 11) is 0. The molecule has 2 fully saturated rings. The number of anilines is 1. The minimum atomic E-state index is -0.240. The van der Waals surface area contributed by atoms with E-state index in [2.05, 4.69) is 44.3 Å². The van der Waals surface area contributed by atoms with Crippen molar-refractivity contribution in [3.8, 4) is 11.3 Å². The number of aromatic amines is 1. The molecule has 3 atom stereocenters. The van der Waals surface area contributed by atoms with Gasteiger partial charge in [0, 0.05) is 30.1 Å². The molecular formula is C23H20Cl2N6. The fourth-order valence-corrected chi connectivity index (χ4v) is 5.49. The molecule has 1 saturated heterocycles. The predicted molar refractivity (Wildman–Crippen MR) is 123 cm³/mol. The smallest absolute Gasteiger partial charge is 0.202 e. The van der Waals surface area contributed by atoms with Crippen LogP contribution in [-0.2, 0) is 5.54 Å². The van der Waals surface area contributed by atoms with Gasteiger partial charge in [-0.05, 0) is 24.0 Å². The van der Waals surface area contributed by atoms with Gasteiger partial charge in [-0.15, -0.1) is 0 Å². The van der Waals surface area contributed by atoms with Gasteiger partial charge in [-0.25, -0.2) is 9.97 Å². The number of nitrogens with one attached hydrogen (secondary N) is 1. The number of halogens is 2. The molecule has 0 unspecified atom stereocenters. The summed E-state index contributed by atoms with van der Waals surface area (Å²) in [5.41, 5.74) is 10.5. The maximum atomic E-state index is 6.84. The minimum Gasteiger partial charge on any atom is -0.355 e. The molecule has 2 aromatic heterocycles. The van der Waals surface area contributed by atoms with Crippen LogP contribution in [0.2, 0.25) is 10.0 Å². The van der Waals surface area contributed by atoms with E-state index in [1.165, 1.54) is 5.56 Å². The summed E-state index contributed by atoms with van der Waals surface area (Å²) >= 11 is 12.6. The minimum absolute atomic E-state index is 0.240. The van der Waals surface area contributed by atoms with Gasteiger partial charge < -0.3 is 10.6 Å². The van der Waals surface area contributed by atoms with E-state index in [0.29, 0.717) is 38.7 Å². The van der Waals surface area contributed by atoms with E-state index in [9.17, 15) is 0 Å². The van der Waals surface area contributed by atoms with Gasteiger partial charge in [0.15, 0.2) is 0 Å².